The lowest BCUT2D eigenvalue weighted by molar-refractivity contribution is 0.475. The van der Waals surface area contributed by atoms with Gasteiger partial charge in [0.05, 0.1) is 5.69 Å². The van der Waals surface area contributed by atoms with Gasteiger partial charge >= 0.3 is 0 Å². The lowest BCUT2D eigenvalue weighted by atomic mass is 10.2. The zero-order valence-electron chi connectivity index (χ0n) is 12.0. The van der Waals surface area contributed by atoms with Crippen LogP contribution in [0.25, 0.3) is 0 Å². The van der Waals surface area contributed by atoms with Crippen LogP contribution in [0.15, 0.2) is 53.5 Å². The average molecular weight is 268 g/mol. The molecule has 0 aliphatic rings. The second-order valence-corrected chi connectivity index (χ2v) is 4.54. The highest BCUT2D eigenvalue weighted by Crippen LogP contribution is 2.19. The minimum absolute atomic E-state index is 0.269. The van der Waals surface area contributed by atoms with Crippen LogP contribution in [0.2, 0.25) is 0 Å². The van der Waals surface area contributed by atoms with Gasteiger partial charge < -0.3 is 10.0 Å². The van der Waals surface area contributed by atoms with E-state index in [0.717, 1.165) is 24.3 Å². The monoisotopic (exact) mass is 268 g/mol. The summed E-state index contributed by atoms with van der Waals surface area (Å²) in [4.78, 5) is 6.73. The van der Waals surface area contributed by atoms with E-state index in [0.29, 0.717) is 0 Å². The van der Waals surface area contributed by atoms with Gasteiger partial charge in [0, 0.05) is 25.0 Å². The zero-order valence-corrected chi connectivity index (χ0v) is 12.0. The van der Waals surface area contributed by atoms with Crippen LogP contribution in [0.1, 0.15) is 19.4 Å². The molecule has 1 N–H and O–H groups in total. The molecule has 0 radical (unpaired) electrons. The molecule has 2 aromatic carbocycles. The standard InChI is InChI=1S/C17H20N2O/c1-3-19(4-2)16-9-7-15(8-10-16)18-13-14-5-11-17(20)12-6-14/h5-13,20H,3-4H2,1-2H3. The van der Waals surface area contributed by atoms with Crippen molar-refractivity contribution in [3.63, 3.8) is 0 Å². The molecular weight excluding hydrogens is 248 g/mol. The van der Waals surface area contributed by atoms with Gasteiger partial charge in [-0.2, -0.15) is 0 Å². The third kappa shape index (κ3) is 3.60. The Hall–Kier alpha value is -2.29. The zero-order chi connectivity index (χ0) is 14.4. The van der Waals surface area contributed by atoms with E-state index in [1.54, 1.807) is 18.3 Å². The molecule has 3 heteroatoms. The van der Waals surface area contributed by atoms with E-state index in [2.05, 4.69) is 35.9 Å². The number of aliphatic imine (C=N–C) groups is 1. The summed E-state index contributed by atoms with van der Waals surface area (Å²) in [5, 5.41) is 9.22. The van der Waals surface area contributed by atoms with Crippen molar-refractivity contribution >= 4 is 17.6 Å². The number of hydrogen-bond acceptors (Lipinski definition) is 3. The molecule has 2 aromatic rings. The van der Waals surface area contributed by atoms with Crippen molar-refractivity contribution in [3.8, 4) is 5.75 Å². The van der Waals surface area contributed by atoms with Gasteiger partial charge in [-0.3, -0.25) is 4.99 Å². The molecule has 0 aromatic heterocycles. The van der Waals surface area contributed by atoms with E-state index in [1.165, 1.54) is 5.69 Å². The van der Waals surface area contributed by atoms with Crippen molar-refractivity contribution in [1.29, 1.82) is 0 Å². The summed E-state index contributed by atoms with van der Waals surface area (Å²) in [6.45, 7) is 6.32. The maximum Gasteiger partial charge on any atom is 0.115 e. The minimum atomic E-state index is 0.269. The lowest BCUT2D eigenvalue weighted by Gasteiger charge is -2.20. The van der Waals surface area contributed by atoms with Gasteiger partial charge in [-0.05, 0) is 67.9 Å². The van der Waals surface area contributed by atoms with Crippen LogP contribution in [0.4, 0.5) is 11.4 Å². The van der Waals surface area contributed by atoms with Crippen LogP contribution in [-0.2, 0) is 0 Å². The normalized spacial score (nSPS) is 10.9. The van der Waals surface area contributed by atoms with Crippen molar-refractivity contribution < 1.29 is 5.11 Å². The van der Waals surface area contributed by atoms with Gasteiger partial charge in [-0.25, -0.2) is 0 Å². The number of benzene rings is 2. The highest BCUT2D eigenvalue weighted by Gasteiger charge is 2.00. The Morgan fingerprint density at radius 1 is 0.950 bits per heavy atom. The first kappa shape index (κ1) is 14.1. The molecule has 2 rings (SSSR count). The summed E-state index contributed by atoms with van der Waals surface area (Å²) in [6.07, 6.45) is 1.80. The quantitative estimate of drug-likeness (QED) is 0.832. The number of rotatable bonds is 5. The number of phenols is 1. The Kier molecular flexibility index (Phi) is 4.77. The molecular formula is C17H20N2O. The molecule has 0 aliphatic carbocycles. The van der Waals surface area contributed by atoms with Gasteiger partial charge in [0.15, 0.2) is 0 Å². The third-order valence-electron chi connectivity index (χ3n) is 3.23. The van der Waals surface area contributed by atoms with Crippen molar-refractivity contribution in [2.24, 2.45) is 4.99 Å². The minimum Gasteiger partial charge on any atom is -0.508 e. The Labute approximate surface area is 120 Å². The number of aromatic hydroxyl groups is 1. The molecule has 0 spiro atoms. The highest BCUT2D eigenvalue weighted by molar-refractivity contribution is 5.82. The Morgan fingerprint density at radius 2 is 1.55 bits per heavy atom. The Balaban J connectivity index is 2.08. The van der Waals surface area contributed by atoms with Gasteiger partial charge in [0.2, 0.25) is 0 Å². The maximum atomic E-state index is 9.22. The Morgan fingerprint density at radius 3 is 2.10 bits per heavy atom. The predicted molar refractivity (Wildman–Crippen MR) is 85.4 cm³/mol. The molecule has 0 saturated carbocycles. The summed E-state index contributed by atoms with van der Waals surface area (Å²) >= 11 is 0. The van der Waals surface area contributed by atoms with E-state index in [1.807, 2.05) is 24.3 Å². The smallest absolute Gasteiger partial charge is 0.115 e. The fourth-order valence-corrected chi connectivity index (χ4v) is 2.05. The molecule has 0 atom stereocenters. The molecule has 0 amide bonds. The highest BCUT2D eigenvalue weighted by atomic mass is 16.3. The van der Waals surface area contributed by atoms with Crippen LogP contribution < -0.4 is 4.90 Å². The van der Waals surface area contributed by atoms with Gasteiger partial charge in [0.1, 0.15) is 5.75 Å². The van der Waals surface area contributed by atoms with Crippen LogP contribution in [0.5, 0.6) is 5.75 Å². The van der Waals surface area contributed by atoms with E-state index in [9.17, 15) is 5.11 Å². The molecule has 3 nitrogen and oxygen atoms in total. The maximum absolute atomic E-state index is 9.22. The van der Waals surface area contributed by atoms with Crippen molar-refractivity contribution in [2.45, 2.75) is 13.8 Å². The van der Waals surface area contributed by atoms with Crippen LogP contribution in [-0.4, -0.2) is 24.4 Å². The Bertz CT molecular complexity index is 555. The topological polar surface area (TPSA) is 35.8 Å². The summed E-state index contributed by atoms with van der Waals surface area (Å²) in [5.74, 6) is 0.269. The molecule has 104 valence electrons. The van der Waals surface area contributed by atoms with Crippen LogP contribution >= 0.6 is 0 Å². The summed E-state index contributed by atoms with van der Waals surface area (Å²) in [5.41, 5.74) is 3.11. The lowest BCUT2D eigenvalue weighted by Crippen LogP contribution is -2.21. The fraction of sp³-hybridized carbons (Fsp3) is 0.235. The molecule has 0 unspecified atom stereocenters. The molecule has 0 heterocycles. The first-order chi connectivity index (χ1) is 9.72. The van der Waals surface area contributed by atoms with Crippen LogP contribution in [0, 0.1) is 0 Å². The predicted octanol–water partition coefficient (Wildman–Crippen LogP) is 3.99. The van der Waals surface area contributed by atoms with E-state index < -0.39 is 0 Å². The molecule has 0 fully saturated rings. The second-order valence-electron chi connectivity index (χ2n) is 4.54. The third-order valence-corrected chi connectivity index (χ3v) is 3.23. The number of hydrogen-bond donors (Lipinski definition) is 1. The summed E-state index contributed by atoms with van der Waals surface area (Å²) in [7, 11) is 0. The van der Waals surface area contributed by atoms with Gasteiger partial charge in [0.25, 0.3) is 0 Å². The van der Waals surface area contributed by atoms with Gasteiger partial charge in [-0.1, -0.05) is 0 Å². The summed E-state index contributed by atoms with van der Waals surface area (Å²) in [6, 6.07) is 15.2. The molecule has 0 aliphatic heterocycles. The molecule has 20 heavy (non-hydrogen) atoms. The number of nitrogens with zero attached hydrogens (tertiary/aromatic N) is 2. The van der Waals surface area contributed by atoms with E-state index in [4.69, 9.17) is 0 Å². The molecule has 0 bridgehead atoms. The van der Waals surface area contributed by atoms with Crippen molar-refractivity contribution in [1.82, 2.24) is 0 Å². The summed E-state index contributed by atoms with van der Waals surface area (Å²) < 4.78 is 0. The van der Waals surface area contributed by atoms with Gasteiger partial charge in [-0.15, -0.1) is 0 Å². The van der Waals surface area contributed by atoms with Crippen molar-refractivity contribution in [3.05, 3.63) is 54.1 Å². The van der Waals surface area contributed by atoms with Crippen molar-refractivity contribution in [2.75, 3.05) is 18.0 Å². The van der Waals surface area contributed by atoms with E-state index in [-0.39, 0.29) is 5.75 Å². The SMILES string of the molecule is CCN(CC)c1ccc(N=Cc2ccc(O)cc2)cc1. The number of anilines is 1. The average Bonchev–Trinajstić information content (AvgIpc) is 2.49. The second kappa shape index (κ2) is 6.75. The van der Waals surface area contributed by atoms with Crippen LogP contribution in [0.3, 0.4) is 0 Å². The molecule has 0 saturated heterocycles. The largest absolute Gasteiger partial charge is 0.508 e. The first-order valence-electron chi connectivity index (χ1n) is 6.91. The van der Waals surface area contributed by atoms with E-state index >= 15 is 0 Å². The number of phenolic OH excluding ortho intramolecular Hbond substituents is 1. The first-order valence-corrected chi connectivity index (χ1v) is 6.91. The fourth-order valence-electron chi connectivity index (χ4n) is 2.05.